The Hall–Kier alpha value is -1.36. The van der Waals surface area contributed by atoms with E-state index in [0.717, 1.165) is 11.3 Å². The number of carbonyl (C=O) groups excluding carboxylic acids is 1. The fourth-order valence-corrected chi connectivity index (χ4v) is 3.11. The summed E-state index contributed by atoms with van der Waals surface area (Å²) in [6.45, 7) is 1.97. The van der Waals surface area contributed by atoms with E-state index in [9.17, 15) is 9.59 Å². The standard InChI is InChI=1S/C13H17NO3S/c1-8-6-18-7-11(8)14-12(15)9-2-4-10(5-3-9)13(16)17/h6-7,9-10H,2-5H2,1H3,(H,14,15)(H,16,17). The van der Waals surface area contributed by atoms with Crippen LogP contribution in [0.3, 0.4) is 0 Å². The van der Waals surface area contributed by atoms with Crippen molar-refractivity contribution in [3.05, 3.63) is 16.3 Å². The fraction of sp³-hybridized carbons (Fsp3) is 0.538. The normalized spacial score (nSPS) is 23.6. The zero-order valence-corrected chi connectivity index (χ0v) is 11.1. The van der Waals surface area contributed by atoms with Crippen molar-refractivity contribution in [2.75, 3.05) is 5.32 Å². The highest BCUT2D eigenvalue weighted by Gasteiger charge is 2.29. The van der Waals surface area contributed by atoms with Gasteiger partial charge < -0.3 is 10.4 Å². The molecule has 0 bridgehead atoms. The summed E-state index contributed by atoms with van der Waals surface area (Å²) in [4.78, 5) is 22.9. The molecule has 1 fully saturated rings. The van der Waals surface area contributed by atoms with Crippen LogP contribution in [0.2, 0.25) is 0 Å². The molecule has 1 heterocycles. The second kappa shape index (κ2) is 5.52. The first-order valence-electron chi connectivity index (χ1n) is 6.14. The van der Waals surface area contributed by atoms with Crippen molar-refractivity contribution in [2.24, 2.45) is 11.8 Å². The molecule has 1 aliphatic rings. The number of rotatable bonds is 3. The fourth-order valence-electron chi connectivity index (χ4n) is 2.33. The molecule has 98 valence electrons. The monoisotopic (exact) mass is 267 g/mol. The molecule has 0 aromatic carbocycles. The van der Waals surface area contributed by atoms with Gasteiger partial charge in [0.25, 0.3) is 0 Å². The van der Waals surface area contributed by atoms with Gasteiger partial charge in [-0.3, -0.25) is 9.59 Å². The van der Waals surface area contributed by atoms with E-state index in [1.54, 1.807) is 11.3 Å². The topological polar surface area (TPSA) is 66.4 Å². The number of aliphatic carboxylic acids is 1. The smallest absolute Gasteiger partial charge is 0.306 e. The Kier molecular flexibility index (Phi) is 4.01. The van der Waals surface area contributed by atoms with Gasteiger partial charge in [0.05, 0.1) is 11.6 Å². The first kappa shape index (κ1) is 13.1. The van der Waals surface area contributed by atoms with Gasteiger partial charge in [-0.2, -0.15) is 0 Å². The maximum absolute atomic E-state index is 12.0. The number of thiophene rings is 1. The molecule has 18 heavy (non-hydrogen) atoms. The van der Waals surface area contributed by atoms with Crippen LogP contribution in [0.1, 0.15) is 31.2 Å². The van der Waals surface area contributed by atoms with Crippen LogP contribution in [-0.2, 0) is 9.59 Å². The Balaban J connectivity index is 1.88. The summed E-state index contributed by atoms with van der Waals surface area (Å²) in [5.74, 6) is -1.01. The van der Waals surface area contributed by atoms with Gasteiger partial charge >= 0.3 is 5.97 Å². The molecule has 0 radical (unpaired) electrons. The van der Waals surface area contributed by atoms with Crippen molar-refractivity contribution >= 4 is 28.9 Å². The first-order valence-corrected chi connectivity index (χ1v) is 7.08. The van der Waals surface area contributed by atoms with E-state index in [2.05, 4.69) is 5.32 Å². The van der Waals surface area contributed by atoms with Gasteiger partial charge in [0, 0.05) is 11.3 Å². The van der Waals surface area contributed by atoms with Gasteiger partial charge in [0.2, 0.25) is 5.91 Å². The molecule has 0 atom stereocenters. The summed E-state index contributed by atoms with van der Waals surface area (Å²) in [6, 6.07) is 0. The van der Waals surface area contributed by atoms with Crippen molar-refractivity contribution in [3.63, 3.8) is 0 Å². The number of hydrogen-bond acceptors (Lipinski definition) is 3. The zero-order chi connectivity index (χ0) is 13.1. The maximum atomic E-state index is 12.0. The maximum Gasteiger partial charge on any atom is 0.306 e. The van der Waals surface area contributed by atoms with Gasteiger partial charge in [0.1, 0.15) is 0 Å². The highest BCUT2D eigenvalue weighted by atomic mass is 32.1. The van der Waals surface area contributed by atoms with Crippen LogP contribution >= 0.6 is 11.3 Å². The summed E-state index contributed by atoms with van der Waals surface area (Å²) in [5.41, 5.74) is 1.96. The molecule has 5 heteroatoms. The first-order chi connectivity index (χ1) is 8.58. The quantitative estimate of drug-likeness (QED) is 0.885. The number of aryl methyl sites for hydroxylation is 1. The Morgan fingerprint density at radius 2 is 1.83 bits per heavy atom. The summed E-state index contributed by atoms with van der Waals surface area (Å²) < 4.78 is 0. The molecule has 1 saturated carbocycles. The minimum atomic E-state index is -0.734. The lowest BCUT2D eigenvalue weighted by Gasteiger charge is -2.25. The molecule has 0 aliphatic heterocycles. The summed E-state index contributed by atoms with van der Waals surface area (Å²) >= 11 is 1.57. The number of carbonyl (C=O) groups is 2. The van der Waals surface area contributed by atoms with E-state index < -0.39 is 5.97 Å². The molecule has 1 aromatic heterocycles. The summed E-state index contributed by atoms with van der Waals surface area (Å²) in [7, 11) is 0. The van der Waals surface area contributed by atoms with Crippen molar-refractivity contribution < 1.29 is 14.7 Å². The van der Waals surface area contributed by atoms with E-state index in [0.29, 0.717) is 25.7 Å². The lowest BCUT2D eigenvalue weighted by molar-refractivity contribution is -0.143. The molecular weight excluding hydrogens is 250 g/mol. The number of nitrogens with one attached hydrogen (secondary N) is 1. The average molecular weight is 267 g/mol. The SMILES string of the molecule is Cc1cscc1NC(=O)C1CCC(C(=O)O)CC1. The van der Waals surface area contributed by atoms with Gasteiger partial charge in [-0.05, 0) is 43.6 Å². The van der Waals surface area contributed by atoms with Gasteiger partial charge in [0.15, 0.2) is 0 Å². The van der Waals surface area contributed by atoms with E-state index in [-0.39, 0.29) is 17.7 Å². The summed E-state index contributed by atoms with van der Waals surface area (Å²) in [6.07, 6.45) is 2.56. The molecule has 0 saturated heterocycles. The zero-order valence-electron chi connectivity index (χ0n) is 10.3. The Bertz CT molecular complexity index is 447. The van der Waals surface area contributed by atoms with Crippen molar-refractivity contribution in [1.82, 2.24) is 0 Å². The Morgan fingerprint density at radius 1 is 1.22 bits per heavy atom. The van der Waals surface area contributed by atoms with Gasteiger partial charge in [-0.1, -0.05) is 0 Å². The third kappa shape index (κ3) is 2.90. The Labute approximate surface area is 110 Å². The molecule has 0 spiro atoms. The van der Waals surface area contributed by atoms with Gasteiger partial charge in [-0.25, -0.2) is 0 Å². The van der Waals surface area contributed by atoms with E-state index >= 15 is 0 Å². The van der Waals surface area contributed by atoms with E-state index in [1.807, 2.05) is 17.7 Å². The van der Waals surface area contributed by atoms with Crippen LogP contribution in [0, 0.1) is 18.8 Å². The minimum absolute atomic E-state index is 0.0281. The molecule has 1 aliphatic carbocycles. The third-order valence-electron chi connectivity index (χ3n) is 3.56. The van der Waals surface area contributed by atoms with Crippen LogP contribution < -0.4 is 5.32 Å². The number of carboxylic acids is 1. The number of carboxylic acid groups (broad SMARTS) is 1. The second-order valence-corrected chi connectivity index (χ2v) is 5.59. The molecule has 2 N–H and O–H groups in total. The van der Waals surface area contributed by atoms with Gasteiger partial charge in [-0.15, -0.1) is 11.3 Å². The predicted octanol–water partition coefficient (Wildman–Crippen LogP) is 2.89. The lowest BCUT2D eigenvalue weighted by atomic mass is 9.81. The molecule has 1 amide bonds. The van der Waals surface area contributed by atoms with Crippen LogP contribution in [0.5, 0.6) is 0 Å². The average Bonchev–Trinajstić information content (AvgIpc) is 2.75. The minimum Gasteiger partial charge on any atom is -0.481 e. The molecule has 4 nitrogen and oxygen atoms in total. The predicted molar refractivity (Wildman–Crippen MR) is 70.8 cm³/mol. The molecule has 0 unspecified atom stereocenters. The van der Waals surface area contributed by atoms with E-state index in [1.165, 1.54) is 0 Å². The van der Waals surface area contributed by atoms with Crippen molar-refractivity contribution in [1.29, 1.82) is 0 Å². The highest BCUT2D eigenvalue weighted by Crippen LogP contribution is 2.30. The van der Waals surface area contributed by atoms with Crippen LogP contribution in [0.15, 0.2) is 10.8 Å². The van der Waals surface area contributed by atoms with Crippen LogP contribution in [0.25, 0.3) is 0 Å². The largest absolute Gasteiger partial charge is 0.481 e. The second-order valence-electron chi connectivity index (χ2n) is 4.84. The number of amides is 1. The van der Waals surface area contributed by atoms with Crippen molar-refractivity contribution in [3.8, 4) is 0 Å². The third-order valence-corrected chi connectivity index (χ3v) is 4.42. The van der Waals surface area contributed by atoms with Crippen LogP contribution in [0.4, 0.5) is 5.69 Å². The molecule has 2 rings (SSSR count). The van der Waals surface area contributed by atoms with Crippen molar-refractivity contribution in [2.45, 2.75) is 32.6 Å². The van der Waals surface area contributed by atoms with Crippen LogP contribution in [-0.4, -0.2) is 17.0 Å². The molecule has 1 aromatic rings. The Morgan fingerprint density at radius 3 is 2.33 bits per heavy atom. The number of hydrogen-bond donors (Lipinski definition) is 2. The highest BCUT2D eigenvalue weighted by molar-refractivity contribution is 7.08. The summed E-state index contributed by atoms with van der Waals surface area (Å²) in [5, 5.41) is 15.8. The number of anilines is 1. The lowest BCUT2D eigenvalue weighted by Crippen LogP contribution is -2.29. The molecular formula is C13H17NO3S. The van der Waals surface area contributed by atoms with E-state index in [4.69, 9.17) is 5.11 Å².